The molecule has 0 saturated carbocycles. The summed E-state index contributed by atoms with van der Waals surface area (Å²) >= 11 is 0. The van der Waals surface area contributed by atoms with Gasteiger partial charge in [-0.2, -0.15) is 0 Å². The van der Waals surface area contributed by atoms with Crippen molar-refractivity contribution in [3.63, 3.8) is 0 Å². The number of carbonyl (C=O) groups is 3. The molecule has 200 valence electrons. The molecule has 2 atom stereocenters. The number of amides is 3. The number of hydrazine groups is 1. The highest BCUT2D eigenvalue weighted by atomic mass is 16.5. The minimum Gasteiger partial charge on any atom is -0.294 e. The molecule has 1 aromatic rings. The van der Waals surface area contributed by atoms with E-state index in [-0.39, 0.29) is 36.6 Å². The average molecular weight is 501 g/mol. The number of likely N-dealkylation sites (tertiary alicyclic amines) is 1. The van der Waals surface area contributed by atoms with Gasteiger partial charge in [0, 0.05) is 6.54 Å². The topological polar surface area (TPSA) is 102 Å². The van der Waals surface area contributed by atoms with Crippen molar-refractivity contribution in [2.45, 2.75) is 59.8 Å². The van der Waals surface area contributed by atoms with Crippen LogP contribution in [0.25, 0.3) is 6.08 Å². The SMILES string of the molecule is CC(C)C[C@@H](C(=O)NN(CC(C)C)C(=O)CN1CCCCC1)[C@H](CC=Cc1ccccc1)C(=O)NO. The lowest BCUT2D eigenvalue weighted by Crippen LogP contribution is -2.54. The third kappa shape index (κ3) is 10.1. The summed E-state index contributed by atoms with van der Waals surface area (Å²) in [6, 6.07) is 9.69. The number of hydrogen-bond acceptors (Lipinski definition) is 5. The van der Waals surface area contributed by atoms with Gasteiger partial charge < -0.3 is 0 Å². The van der Waals surface area contributed by atoms with E-state index in [4.69, 9.17) is 0 Å². The van der Waals surface area contributed by atoms with Crippen LogP contribution in [-0.2, 0) is 14.4 Å². The van der Waals surface area contributed by atoms with Crippen molar-refractivity contribution in [1.82, 2.24) is 20.8 Å². The Bertz CT molecular complexity index is 850. The van der Waals surface area contributed by atoms with E-state index < -0.39 is 17.7 Å². The molecule has 0 unspecified atom stereocenters. The first-order chi connectivity index (χ1) is 17.2. The van der Waals surface area contributed by atoms with Crippen molar-refractivity contribution >= 4 is 23.8 Å². The normalized spacial score (nSPS) is 16.2. The van der Waals surface area contributed by atoms with Crippen LogP contribution in [-0.4, -0.2) is 59.0 Å². The van der Waals surface area contributed by atoms with Gasteiger partial charge in [0.05, 0.1) is 18.4 Å². The monoisotopic (exact) mass is 500 g/mol. The second kappa shape index (κ2) is 15.4. The van der Waals surface area contributed by atoms with E-state index in [1.807, 2.05) is 70.2 Å². The van der Waals surface area contributed by atoms with E-state index in [0.717, 1.165) is 31.5 Å². The third-order valence-electron chi connectivity index (χ3n) is 6.40. The van der Waals surface area contributed by atoms with Gasteiger partial charge in [0.25, 0.3) is 5.91 Å². The maximum Gasteiger partial charge on any atom is 0.255 e. The van der Waals surface area contributed by atoms with Crippen LogP contribution in [0.4, 0.5) is 0 Å². The van der Waals surface area contributed by atoms with E-state index in [9.17, 15) is 19.6 Å². The highest BCUT2D eigenvalue weighted by Crippen LogP contribution is 2.26. The Morgan fingerprint density at radius 1 is 0.972 bits per heavy atom. The maximum atomic E-state index is 13.6. The molecule has 1 saturated heterocycles. The fourth-order valence-corrected chi connectivity index (χ4v) is 4.60. The molecule has 0 radical (unpaired) electrons. The van der Waals surface area contributed by atoms with Crippen molar-refractivity contribution < 1.29 is 19.6 Å². The minimum absolute atomic E-state index is 0.135. The summed E-state index contributed by atoms with van der Waals surface area (Å²) in [6.45, 7) is 10.4. The second-order valence-electron chi connectivity index (χ2n) is 10.6. The molecule has 1 aromatic carbocycles. The quantitative estimate of drug-likeness (QED) is 0.299. The Kier molecular flexibility index (Phi) is 12.6. The van der Waals surface area contributed by atoms with Gasteiger partial charge in [-0.05, 0) is 56.2 Å². The second-order valence-corrected chi connectivity index (χ2v) is 10.6. The summed E-state index contributed by atoms with van der Waals surface area (Å²) in [4.78, 5) is 41.5. The molecule has 0 spiro atoms. The van der Waals surface area contributed by atoms with Crippen molar-refractivity contribution in [2.24, 2.45) is 23.7 Å². The lowest BCUT2D eigenvalue weighted by molar-refractivity contribution is -0.148. The zero-order valence-electron chi connectivity index (χ0n) is 22.3. The first-order valence-corrected chi connectivity index (χ1v) is 13.2. The predicted molar refractivity (Wildman–Crippen MR) is 141 cm³/mol. The lowest BCUT2D eigenvalue weighted by Gasteiger charge is -2.33. The summed E-state index contributed by atoms with van der Waals surface area (Å²) in [7, 11) is 0. The molecular weight excluding hydrogens is 456 g/mol. The van der Waals surface area contributed by atoms with Crippen molar-refractivity contribution in [3.05, 3.63) is 42.0 Å². The number of hydrogen-bond donors (Lipinski definition) is 3. The fraction of sp³-hybridized carbons (Fsp3) is 0.607. The number of nitrogens with one attached hydrogen (secondary N) is 2. The molecule has 0 aromatic heterocycles. The van der Waals surface area contributed by atoms with Gasteiger partial charge in [-0.3, -0.25) is 34.9 Å². The van der Waals surface area contributed by atoms with Gasteiger partial charge in [-0.15, -0.1) is 0 Å². The van der Waals surface area contributed by atoms with Gasteiger partial charge in [-0.1, -0.05) is 76.6 Å². The summed E-state index contributed by atoms with van der Waals surface area (Å²) in [5.74, 6) is -2.33. The summed E-state index contributed by atoms with van der Waals surface area (Å²) in [5, 5.41) is 10.9. The number of piperidine rings is 1. The number of allylic oxidation sites excluding steroid dienone is 1. The largest absolute Gasteiger partial charge is 0.294 e. The number of benzene rings is 1. The standard InChI is InChI=1S/C28H44N4O4/c1-21(2)18-25(24(28(35)30-36)15-11-14-23-12-7-5-8-13-23)27(34)29-32(19-22(3)4)26(33)20-31-16-9-6-10-17-31/h5,7-8,11-14,21-22,24-25,36H,6,9-10,15-20H2,1-4H3,(H,29,34)(H,30,35)/t24-,25+/m0/s1. The number of nitrogens with zero attached hydrogens (tertiary/aromatic N) is 2. The molecule has 0 aliphatic carbocycles. The fourth-order valence-electron chi connectivity index (χ4n) is 4.60. The average Bonchev–Trinajstić information content (AvgIpc) is 2.85. The molecule has 36 heavy (non-hydrogen) atoms. The number of carbonyl (C=O) groups excluding carboxylic acids is 3. The molecule has 3 amide bonds. The number of rotatable bonds is 12. The van der Waals surface area contributed by atoms with Crippen LogP contribution in [0.2, 0.25) is 0 Å². The van der Waals surface area contributed by atoms with Crippen molar-refractivity contribution in [3.8, 4) is 0 Å². The Labute approximate surface area is 216 Å². The lowest BCUT2D eigenvalue weighted by atomic mass is 9.82. The first-order valence-electron chi connectivity index (χ1n) is 13.2. The van der Waals surface area contributed by atoms with Crippen LogP contribution in [0.1, 0.15) is 65.4 Å². The van der Waals surface area contributed by atoms with Gasteiger partial charge in [-0.25, -0.2) is 5.48 Å². The van der Waals surface area contributed by atoms with Crippen LogP contribution in [0.3, 0.4) is 0 Å². The molecule has 3 N–H and O–H groups in total. The van der Waals surface area contributed by atoms with E-state index in [1.165, 1.54) is 11.4 Å². The summed E-state index contributed by atoms with van der Waals surface area (Å²) in [6.07, 6.45) is 7.81. The number of hydroxylamine groups is 1. The molecule has 0 bridgehead atoms. The van der Waals surface area contributed by atoms with Gasteiger partial charge >= 0.3 is 0 Å². The molecule has 1 fully saturated rings. The highest BCUT2D eigenvalue weighted by Gasteiger charge is 2.35. The van der Waals surface area contributed by atoms with Crippen LogP contribution >= 0.6 is 0 Å². The molecule has 2 rings (SSSR count). The molecule has 8 nitrogen and oxygen atoms in total. The van der Waals surface area contributed by atoms with Gasteiger partial charge in [0.1, 0.15) is 0 Å². The summed E-state index contributed by atoms with van der Waals surface area (Å²) in [5.41, 5.74) is 5.57. The van der Waals surface area contributed by atoms with E-state index in [0.29, 0.717) is 13.0 Å². The summed E-state index contributed by atoms with van der Waals surface area (Å²) < 4.78 is 0. The molecule has 1 heterocycles. The molecule has 1 aliphatic heterocycles. The van der Waals surface area contributed by atoms with Crippen LogP contribution < -0.4 is 10.9 Å². The van der Waals surface area contributed by atoms with Crippen molar-refractivity contribution in [1.29, 1.82) is 0 Å². The molecular formula is C28H44N4O4. The smallest absolute Gasteiger partial charge is 0.255 e. The first kappa shape index (κ1) is 29.5. The Balaban J connectivity index is 2.19. The Hall–Kier alpha value is -2.71. The Morgan fingerprint density at radius 2 is 1.64 bits per heavy atom. The minimum atomic E-state index is -0.782. The van der Waals surface area contributed by atoms with E-state index >= 15 is 0 Å². The zero-order chi connectivity index (χ0) is 26.5. The van der Waals surface area contributed by atoms with Gasteiger partial charge in [0.2, 0.25) is 11.8 Å². The van der Waals surface area contributed by atoms with Crippen LogP contribution in [0, 0.1) is 23.7 Å². The van der Waals surface area contributed by atoms with Crippen molar-refractivity contribution in [2.75, 3.05) is 26.2 Å². The zero-order valence-corrected chi connectivity index (χ0v) is 22.3. The van der Waals surface area contributed by atoms with Crippen LogP contribution in [0.5, 0.6) is 0 Å². The Morgan fingerprint density at radius 3 is 2.22 bits per heavy atom. The van der Waals surface area contributed by atoms with E-state index in [1.54, 1.807) is 5.48 Å². The van der Waals surface area contributed by atoms with E-state index in [2.05, 4.69) is 10.3 Å². The highest BCUT2D eigenvalue weighted by molar-refractivity contribution is 5.89. The maximum absolute atomic E-state index is 13.6. The van der Waals surface area contributed by atoms with Gasteiger partial charge in [0.15, 0.2) is 0 Å². The molecule has 8 heteroatoms. The predicted octanol–water partition coefficient (Wildman–Crippen LogP) is 3.88. The third-order valence-corrected chi connectivity index (χ3v) is 6.40. The van der Waals surface area contributed by atoms with Crippen LogP contribution in [0.15, 0.2) is 36.4 Å². The molecule has 1 aliphatic rings.